The number of benzene rings is 1. The van der Waals surface area contributed by atoms with E-state index in [1.54, 1.807) is 0 Å². The minimum absolute atomic E-state index is 0.00760. The van der Waals surface area contributed by atoms with E-state index < -0.39 is 0 Å². The van der Waals surface area contributed by atoms with Crippen molar-refractivity contribution in [3.05, 3.63) is 24.3 Å². The maximum atomic E-state index is 11.4. The minimum atomic E-state index is -0.118. The summed E-state index contributed by atoms with van der Waals surface area (Å²) in [7, 11) is 0. The zero-order valence-corrected chi connectivity index (χ0v) is 10.1. The third-order valence-corrected chi connectivity index (χ3v) is 2.60. The Morgan fingerprint density at radius 1 is 1.41 bits per heavy atom. The summed E-state index contributed by atoms with van der Waals surface area (Å²) in [6.45, 7) is 4.67. The van der Waals surface area contributed by atoms with Crippen LogP contribution in [0.15, 0.2) is 24.3 Å². The molecule has 0 spiro atoms. The third kappa shape index (κ3) is 2.90. The lowest BCUT2D eigenvalue weighted by Gasteiger charge is -2.26. The van der Waals surface area contributed by atoms with Crippen molar-refractivity contribution >= 4 is 5.91 Å². The molecule has 4 nitrogen and oxygen atoms in total. The zero-order chi connectivity index (χ0) is 12.3. The molecule has 1 heterocycles. The largest absolute Gasteiger partial charge is 0.486 e. The minimum Gasteiger partial charge on any atom is -0.486 e. The van der Waals surface area contributed by atoms with Crippen molar-refractivity contribution in [3.8, 4) is 11.5 Å². The van der Waals surface area contributed by atoms with Crippen LogP contribution in [0.1, 0.15) is 13.8 Å². The van der Waals surface area contributed by atoms with E-state index in [9.17, 15) is 4.79 Å². The number of fused-ring (bicyclic) bond motifs is 1. The van der Waals surface area contributed by atoms with Crippen molar-refractivity contribution in [1.29, 1.82) is 0 Å². The topological polar surface area (TPSA) is 47.6 Å². The lowest BCUT2D eigenvalue weighted by atomic mass is 10.2. The van der Waals surface area contributed by atoms with E-state index in [0.29, 0.717) is 13.2 Å². The molecule has 4 heteroatoms. The lowest BCUT2D eigenvalue weighted by molar-refractivity contribution is -0.124. The Bertz CT molecular complexity index is 403. The molecule has 0 fully saturated rings. The Hall–Kier alpha value is -1.71. The molecule has 1 aromatic carbocycles. The fourth-order valence-electron chi connectivity index (χ4n) is 1.58. The van der Waals surface area contributed by atoms with E-state index in [1.807, 2.05) is 38.1 Å². The van der Waals surface area contributed by atoms with Gasteiger partial charge < -0.3 is 14.8 Å². The van der Waals surface area contributed by atoms with Gasteiger partial charge in [0, 0.05) is 5.92 Å². The summed E-state index contributed by atoms with van der Waals surface area (Å²) in [4.78, 5) is 11.4. The first-order chi connectivity index (χ1) is 8.16. The molecule has 1 N–H and O–H groups in total. The molecular weight excluding hydrogens is 218 g/mol. The van der Waals surface area contributed by atoms with Gasteiger partial charge in [0.25, 0.3) is 0 Å². The van der Waals surface area contributed by atoms with Gasteiger partial charge in [0.15, 0.2) is 11.5 Å². The van der Waals surface area contributed by atoms with Gasteiger partial charge in [-0.1, -0.05) is 26.0 Å². The average Bonchev–Trinajstić information content (AvgIpc) is 2.35. The molecule has 0 radical (unpaired) electrons. The Kier molecular flexibility index (Phi) is 3.52. The van der Waals surface area contributed by atoms with Gasteiger partial charge in [-0.2, -0.15) is 0 Å². The van der Waals surface area contributed by atoms with Gasteiger partial charge in [-0.15, -0.1) is 0 Å². The summed E-state index contributed by atoms with van der Waals surface area (Å²) in [5.74, 6) is 1.53. The van der Waals surface area contributed by atoms with E-state index in [0.717, 1.165) is 11.5 Å². The van der Waals surface area contributed by atoms with Gasteiger partial charge >= 0.3 is 0 Å². The molecule has 0 aromatic heterocycles. The lowest BCUT2D eigenvalue weighted by Crippen LogP contribution is -2.41. The molecule has 1 amide bonds. The van der Waals surface area contributed by atoms with Gasteiger partial charge in [0.2, 0.25) is 5.91 Å². The second-order valence-electron chi connectivity index (χ2n) is 4.40. The Labute approximate surface area is 101 Å². The van der Waals surface area contributed by atoms with Gasteiger partial charge in [-0.3, -0.25) is 4.79 Å². The number of ether oxygens (including phenoxy) is 2. The first-order valence-corrected chi connectivity index (χ1v) is 5.83. The zero-order valence-electron chi connectivity index (χ0n) is 10.1. The molecule has 2 rings (SSSR count). The molecular formula is C13H17NO3. The Morgan fingerprint density at radius 3 is 2.82 bits per heavy atom. The van der Waals surface area contributed by atoms with E-state index in [4.69, 9.17) is 9.47 Å². The number of amides is 1. The van der Waals surface area contributed by atoms with E-state index in [2.05, 4.69) is 5.32 Å². The van der Waals surface area contributed by atoms with Crippen LogP contribution in [-0.4, -0.2) is 25.2 Å². The van der Waals surface area contributed by atoms with Crippen molar-refractivity contribution in [2.24, 2.45) is 5.92 Å². The van der Waals surface area contributed by atoms with Crippen LogP contribution in [-0.2, 0) is 4.79 Å². The normalized spacial score (nSPS) is 17.9. The SMILES string of the molecule is CC(C)C(=O)NCC1COc2ccccc2O1. The van der Waals surface area contributed by atoms with Crippen LogP contribution in [0.3, 0.4) is 0 Å². The van der Waals surface area contributed by atoms with Crippen molar-refractivity contribution in [2.75, 3.05) is 13.2 Å². The average molecular weight is 235 g/mol. The summed E-state index contributed by atoms with van der Waals surface area (Å²) < 4.78 is 11.3. The molecule has 0 aliphatic carbocycles. The van der Waals surface area contributed by atoms with E-state index in [-0.39, 0.29) is 17.9 Å². The molecule has 1 aliphatic rings. The highest BCUT2D eigenvalue weighted by molar-refractivity contribution is 5.77. The number of nitrogens with one attached hydrogen (secondary N) is 1. The number of para-hydroxylation sites is 2. The number of hydrogen-bond donors (Lipinski definition) is 1. The first-order valence-electron chi connectivity index (χ1n) is 5.83. The van der Waals surface area contributed by atoms with Crippen LogP contribution < -0.4 is 14.8 Å². The summed E-state index contributed by atoms with van der Waals surface area (Å²) in [6.07, 6.45) is -0.118. The summed E-state index contributed by atoms with van der Waals surface area (Å²) in [5, 5.41) is 2.84. The summed E-state index contributed by atoms with van der Waals surface area (Å²) in [5.41, 5.74) is 0. The molecule has 17 heavy (non-hydrogen) atoms. The molecule has 0 saturated carbocycles. The van der Waals surface area contributed by atoms with Crippen molar-refractivity contribution in [3.63, 3.8) is 0 Å². The van der Waals surface area contributed by atoms with Crippen molar-refractivity contribution < 1.29 is 14.3 Å². The van der Waals surface area contributed by atoms with Crippen LogP contribution in [0.25, 0.3) is 0 Å². The number of hydrogen-bond acceptors (Lipinski definition) is 3. The van der Waals surface area contributed by atoms with Crippen LogP contribution >= 0.6 is 0 Å². The first kappa shape index (κ1) is 11.8. The molecule has 1 atom stereocenters. The highest BCUT2D eigenvalue weighted by Gasteiger charge is 2.21. The van der Waals surface area contributed by atoms with Gasteiger partial charge in [-0.25, -0.2) is 0 Å². The molecule has 92 valence electrons. The maximum absolute atomic E-state index is 11.4. The number of carbonyl (C=O) groups is 1. The second kappa shape index (κ2) is 5.08. The second-order valence-corrected chi connectivity index (χ2v) is 4.40. The molecule has 1 unspecified atom stereocenters. The maximum Gasteiger partial charge on any atom is 0.222 e. The number of carbonyl (C=O) groups excluding carboxylic acids is 1. The predicted octanol–water partition coefficient (Wildman–Crippen LogP) is 1.60. The van der Waals surface area contributed by atoms with E-state index in [1.165, 1.54) is 0 Å². The highest BCUT2D eigenvalue weighted by atomic mass is 16.6. The van der Waals surface area contributed by atoms with Crippen LogP contribution in [0.4, 0.5) is 0 Å². The highest BCUT2D eigenvalue weighted by Crippen LogP contribution is 2.30. The monoisotopic (exact) mass is 235 g/mol. The summed E-state index contributed by atoms with van der Waals surface area (Å²) >= 11 is 0. The standard InChI is InChI=1S/C13H17NO3/c1-9(2)13(15)14-7-10-8-16-11-5-3-4-6-12(11)17-10/h3-6,9-10H,7-8H2,1-2H3,(H,14,15). The fourth-order valence-corrected chi connectivity index (χ4v) is 1.58. The Morgan fingerprint density at radius 2 is 2.12 bits per heavy atom. The Balaban J connectivity index is 1.88. The fraction of sp³-hybridized carbons (Fsp3) is 0.462. The number of rotatable bonds is 3. The molecule has 1 aromatic rings. The van der Waals surface area contributed by atoms with Crippen molar-refractivity contribution in [2.45, 2.75) is 20.0 Å². The van der Waals surface area contributed by atoms with Gasteiger partial charge in [0.05, 0.1) is 6.54 Å². The third-order valence-electron chi connectivity index (χ3n) is 2.60. The summed E-state index contributed by atoms with van der Waals surface area (Å²) in [6, 6.07) is 7.55. The van der Waals surface area contributed by atoms with Crippen LogP contribution in [0.5, 0.6) is 11.5 Å². The van der Waals surface area contributed by atoms with Crippen LogP contribution in [0, 0.1) is 5.92 Å². The molecule has 0 saturated heterocycles. The van der Waals surface area contributed by atoms with Crippen molar-refractivity contribution in [1.82, 2.24) is 5.32 Å². The predicted molar refractivity (Wildman–Crippen MR) is 64.2 cm³/mol. The van der Waals surface area contributed by atoms with Gasteiger partial charge in [0.1, 0.15) is 12.7 Å². The van der Waals surface area contributed by atoms with Gasteiger partial charge in [-0.05, 0) is 12.1 Å². The molecule has 0 bridgehead atoms. The van der Waals surface area contributed by atoms with E-state index >= 15 is 0 Å². The smallest absolute Gasteiger partial charge is 0.222 e. The quantitative estimate of drug-likeness (QED) is 0.865. The van der Waals surface area contributed by atoms with Crippen LogP contribution in [0.2, 0.25) is 0 Å². The molecule has 1 aliphatic heterocycles.